The normalized spacial score (nSPS) is 12.1. The quantitative estimate of drug-likeness (QED) is 0.671. The number of carbonyl (C=O) groups is 1. The number of aliphatic hydroxyl groups excluding tert-OH is 1. The first kappa shape index (κ1) is 14.3. The zero-order chi connectivity index (χ0) is 14.5. The molecule has 1 N–H and O–H groups in total. The van der Waals surface area contributed by atoms with Gasteiger partial charge in [0.2, 0.25) is 0 Å². The van der Waals surface area contributed by atoms with Crippen LogP contribution in [0.2, 0.25) is 0 Å². The number of aliphatic hydroxyl groups is 1. The van der Waals surface area contributed by atoms with Crippen molar-refractivity contribution < 1.29 is 14.6 Å². The SMILES string of the molecule is C=C(C)C(=O)OCC(O)Cc1cccc2ccccc12. The topological polar surface area (TPSA) is 46.5 Å². The number of fused-ring (bicyclic) bond motifs is 1. The van der Waals surface area contributed by atoms with Gasteiger partial charge in [0.05, 0.1) is 6.10 Å². The van der Waals surface area contributed by atoms with Gasteiger partial charge >= 0.3 is 5.97 Å². The van der Waals surface area contributed by atoms with E-state index in [-0.39, 0.29) is 6.61 Å². The molecule has 1 unspecified atom stereocenters. The molecule has 0 amide bonds. The molecule has 0 saturated heterocycles. The number of ether oxygens (including phenoxy) is 1. The van der Waals surface area contributed by atoms with Crippen LogP contribution in [-0.4, -0.2) is 23.8 Å². The molecular formula is C17H18O3. The minimum Gasteiger partial charge on any atom is -0.460 e. The number of rotatable bonds is 5. The van der Waals surface area contributed by atoms with Gasteiger partial charge in [-0.15, -0.1) is 0 Å². The molecule has 2 rings (SSSR count). The summed E-state index contributed by atoms with van der Waals surface area (Å²) in [6.45, 7) is 5.07. The Labute approximate surface area is 118 Å². The van der Waals surface area contributed by atoms with Crippen molar-refractivity contribution in [3.63, 3.8) is 0 Å². The Kier molecular flexibility index (Phi) is 4.53. The summed E-state index contributed by atoms with van der Waals surface area (Å²) in [5.74, 6) is -0.470. The maximum absolute atomic E-state index is 11.3. The van der Waals surface area contributed by atoms with Crippen LogP contribution in [0.4, 0.5) is 0 Å². The average Bonchev–Trinajstić information content (AvgIpc) is 2.45. The maximum Gasteiger partial charge on any atom is 0.333 e. The van der Waals surface area contributed by atoms with E-state index in [1.54, 1.807) is 6.92 Å². The summed E-state index contributed by atoms with van der Waals surface area (Å²) in [5, 5.41) is 12.2. The largest absolute Gasteiger partial charge is 0.460 e. The van der Waals surface area contributed by atoms with E-state index in [1.807, 2.05) is 42.5 Å². The minimum atomic E-state index is -0.718. The summed E-state index contributed by atoms with van der Waals surface area (Å²) in [6.07, 6.45) is -0.269. The van der Waals surface area contributed by atoms with Crippen molar-refractivity contribution in [3.8, 4) is 0 Å². The second-order valence-corrected chi connectivity index (χ2v) is 4.88. The Balaban J connectivity index is 2.05. The number of carbonyl (C=O) groups excluding carboxylic acids is 1. The Bertz CT molecular complexity index is 626. The first-order valence-electron chi connectivity index (χ1n) is 6.55. The summed E-state index contributed by atoms with van der Waals surface area (Å²) < 4.78 is 4.96. The van der Waals surface area contributed by atoms with Crippen LogP contribution in [0.25, 0.3) is 10.8 Å². The van der Waals surface area contributed by atoms with Crippen molar-refractivity contribution in [1.82, 2.24) is 0 Å². The molecule has 3 heteroatoms. The number of esters is 1. The van der Waals surface area contributed by atoms with Gasteiger partial charge in [0.15, 0.2) is 0 Å². The van der Waals surface area contributed by atoms with Gasteiger partial charge in [-0.3, -0.25) is 0 Å². The summed E-state index contributed by atoms with van der Waals surface area (Å²) in [6, 6.07) is 14.0. The van der Waals surface area contributed by atoms with Crippen molar-refractivity contribution in [2.45, 2.75) is 19.4 Å². The van der Waals surface area contributed by atoms with E-state index < -0.39 is 12.1 Å². The monoisotopic (exact) mass is 270 g/mol. The van der Waals surface area contributed by atoms with Crippen LogP contribution in [0.3, 0.4) is 0 Å². The standard InChI is InChI=1S/C17H18O3/c1-12(2)17(19)20-11-15(18)10-14-8-5-7-13-6-3-4-9-16(13)14/h3-9,15,18H,1,10-11H2,2H3. The third kappa shape index (κ3) is 3.45. The molecule has 0 aliphatic heterocycles. The second-order valence-electron chi connectivity index (χ2n) is 4.88. The second kappa shape index (κ2) is 6.35. The van der Waals surface area contributed by atoms with Crippen molar-refractivity contribution in [3.05, 3.63) is 60.2 Å². The van der Waals surface area contributed by atoms with Gasteiger partial charge in [0, 0.05) is 12.0 Å². The molecule has 20 heavy (non-hydrogen) atoms. The van der Waals surface area contributed by atoms with Crippen LogP contribution >= 0.6 is 0 Å². The van der Waals surface area contributed by atoms with E-state index >= 15 is 0 Å². The van der Waals surface area contributed by atoms with E-state index in [0.717, 1.165) is 16.3 Å². The van der Waals surface area contributed by atoms with Crippen molar-refractivity contribution >= 4 is 16.7 Å². The Morgan fingerprint density at radius 1 is 1.25 bits per heavy atom. The highest BCUT2D eigenvalue weighted by molar-refractivity contribution is 5.87. The molecule has 2 aromatic carbocycles. The van der Waals surface area contributed by atoms with Gasteiger partial charge in [0.1, 0.15) is 6.61 Å². The van der Waals surface area contributed by atoms with E-state index in [2.05, 4.69) is 6.58 Å². The molecule has 3 nitrogen and oxygen atoms in total. The smallest absolute Gasteiger partial charge is 0.333 e. The zero-order valence-electron chi connectivity index (χ0n) is 11.5. The molecule has 1 atom stereocenters. The Hall–Kier alpha value is -2.13. The van der Waals surface area contributed by atoms with E-state index in [0.29, 0.717) is 12.0 Å². The third-order valence-electron chi connectivity index (χ3n) is 3.09. The number of hydrogen-bond acceptors (Lipinski definition) is 3. The Morgan fingerprint density at radius 2 is 1.95 bits per heavy atom. The molecular weight excluding hydrogens is 252 g/mol. The fourth-order valence-electron chi connectivity index (χ4n) is 2.08. The van der Waals surface area contributed by atoms with Crippen LogP contribution in [0.15, 0.2) is 54.6 Å². The third-order valence-corrected chi connectivity index (χ3v) is 3.09. The van der Waals surface area contributed by atoms with Gasteiger partial charge in [-0.25, -0.2) is 4.79 Å². The molecule has 0 heterocycles. The predicted octanol–water partition coefficient (Wildman–Crippen LogP) is 2.86. The van der Waals surface area contributed by atoms with Crippen molar-refractivity contribution in [1.29, 1.82) is 0 Å². The molecule has 0 radical (unpaired) electrons. The number of hydrogen-bond donors (Lipinski definition) is 1. The van der Waals surface area contributed by atoms with Crippen molar-refractivity contribution in [2.24, 2.45) is 0 Å². The highest BCUT2D eigenvalue weighted by Crippen LogP contribution is 2.19. The molecule has 0 aliphatic carbocycles. The predicted molar refractivity (Wildman–Crippen MR) is 79.4 cm³/mol. The van der Waals surface area contributed by atoms with Gasteiger partial charge in [-0.05, 0) is 23.3 Å². The molecule has 0 saturated carbocycles. The highest BCUT2D eigenvalue weighted by Gasteiger charge is 2.11. The molecule has 0 aromatic heterocycles. The summed E-state index contributed by atoms with van der Waals surface area (Å²) in [7, 11) is 0. The van der Waals surface area contributed by atoms with Gasteiger partial charge in [-0.1, -0.05) is 49.0 Å². The van der Waals surface area contributed by atoms with E-state index in [1.165, 1.54) is 0 Å². The summed E-state index contributed by atoms with van der Waals surface area (Å²) >= 11 is 0. The summed E-state index contributed by atoms with van der Waals surface area (Å²) in [5.41, 5.74) is 1.38. The van der Waals surface area contributed by atoms with E-state index in [9.17, 15) is 9.90 Å². The lowest BCUT2D eigenvalue weighted by Crippen LogP contribution is -2.21. The first-order chi connectivity index (χ1) is 9.58. The highest BCUT2D eigenvalue weighted by atomic mass is 16.5. The van der Waals surface area contributed by atoms with Gasteiger partial charge < -0.3 is 9.84 Å². The number of benzene rings is 2. The summed E-state index contributed by atoms with van der Waals surface area (Å²) in [4.78, 5) is 11.3. The average molecular weight is 270 g/mol. The van der Waals surface area contributed by atoms with Crippen LogP contribution < -0.4 is 0 Å². The fraction of sp³-hybridized carbons (Fsp3) is 0.235. The lowest BCUT2D eigenvalue weighted by molar-refractivity contribution is -0.141. The molecule has 104 valence electrons. The maximum atomic E-state index is 11.3. The van der Waals surface area contributed by atoms with Crippen LogP contribution in [0.5, 0.6) is 0 Å². The zero-order valence-corrected chi connectivity index (χ0v) is 11.5. The lowest BCUT2D eigenvalue weighted by atomic mass is 10.0. The van der Waals surface area contributed by atoms with Gasteiger partial charge in [0.25, 0.3) is 0 Å². The van der Waals surface area contributed by atoms with Crippen LogP contribution in [-0.2, 0) is 16.0 Å². The fourth-order valence-corrected chi connectivity index (χ4v) is 2.08. The molecule has 2 aromatic rings. The van der Waals surface area contributed by atoms with Crippen LogP contribution in [0, 0.1) is 0 Å². The minimum absolute atomic E-state index is 0.0189. The molecule has 0 aliphatic rings. The van der Waals surface area contributed by atoms with Crippen LogP contribution in [0.1, 0.15) is 12.5 Å². The van der Waals surface area contributed by atoms with Gasteiger partial charge in [-0.2, -0.15) is 0 Å². The molecule has 0 fully saturated rings. The first-order valence-corrected chi connectivity index (χ1v) is 6.55. The van der Waals surface area contributed by atoms with E-state index in [4.69, 9.17) is 4.74 Å². The lowest BCUT2D eigenvalue weighted by Gasteiger charge is -2.13. The molecule has 0 bridgehead atoms. The Morgan fingerprint density at radius 3 is 2.70 bits per heavy atom. The molecule has 0 spiro atoms. The van der Waals surface area contributed by atoms with Crippen molar-refractivity contribution in [2.75, 3.05) is 6.61 Å².